The van der Waals surface area contributed by atoms with Gasteiger partial charge in [0.2, 0.25) is 5.79 Å². The minimum atomic E-state index is -1.01. The molecule has 2 saturated heterocycles. The Morgan fingerprint density at radius 1 is 0.978 bits per heavy atom. The van der Waals surface area contributed by atoms with Crippen molar-refractivity contribution < 1.29 is 19.2 Å². The maximum atomic E-state index is 6.49. The molecule has 6 rings (SSSR count). The molecule has 0 saturated carbocycles. The number of aryl methyl sites for hydroxylation is 1. The van der Waals surface area contributed by atoms with E-state index in [1.165, 1.54) is 11.4 Å². The highest BCUT2D eigenvalue weighted by atomic mass is 16.8. The Kier molecular flexibility index (Phi) is 10.1. The molecule has 242 valence electrons. The van der Waals surface area contributed by atoms with Crippen molar-refractivity contribution in [3.05, 3.63) is 90.5 Å². The van der Waals surface area contributed by atoms with E-state index in [1.54, 1.807) is 18.6 Å². The first kappa shape index (κ1) is 31.5. The molecule has 3 unspecified atom stereocenters. The summed E-state index contributed by atoms with van der Waals surface area (Å²) < 4.78 is 20.8. The fourth-order valence-electron chi connectivity index (χ4n) is 5.59. The van der Waals surface area contributed by atoms with Crippen LogP contribution in [0.25, 0.3) is 0 Å². The van der Waals surface area contributed by atoms with Crippen LogP contribution < -0.4 is 30.4 Å². The Balaban J connectivity index is 0.976. The lowest BCUT2D eigenvalue weighted by Crippen LogP contribution is -2.66. The summed E-state index contributed by atoms with van der Waals surface area (Å²) in [5, 5.41) is 12.4. The van der Waals surface area contributed by atoms with Gasteiger partial charge in [-0.25, -0.2) is 10.4 Å². The molecule has 12 heteroatoms. The van der Waals surface area contributed by atoms with Crippen LogP contribution in [-0.4, -0.2) is 77.9 Å². The summed E-state index contributed by atoms with van der Waals surface area (Å²) in [7, 11) is 0. The molecule has 46 heavy (non-hydrogen) atoms. The topological polar surface area (TPSA) is 116 Å². The highest BCUT2D eigenvalue weighted by Crippen LogP contribution is 2.36. The van der Waals surface area contributed by atoms with Crippen molar-refractivity contribution >= 4 is 23.4 Å². The van der Waals surface area contributed by atoms with Crippen molar-refractivity contribution in [1.82, 2.24) is 30.8 Å². The highest BCUT2D eigenvalue weighted by Gasteiger charge is 2.45. The second-order valence-corrected chi connectivity index (χ2v) is 11.8. The number of piperazine rings is 1. The summed E-state index contributed by atoms with van der Waals surface area (Å²) in [6.45, 7) is 11.3. The van der Waals surface area contributed by atoms with Crippen molar-refractivity contribution in [3.8, 4) is 5.75 Å². The number of aromatic nitrogens is 4. The number of ether oxygens (including phenoxy) is 3. The van der Waals surface area contributed by atoms with Gasteiger partial charge in [0.1, 0.15) is 30.7 Å². The minimum Gasteiger partial charge on any atom is -0.491 e. The number of hydrogen-bond acceptors (Lipinski definition) is 9. The highest BCUT2D eigenvalue weighted by molar-refractivity contribution is 5.55. The third-order valence-corrected chi connectivity index (χ3v) is 8.57. The van der Waals surface area contributed by atoms with Gasteiger partial charge in [0.15, 0.2) is 0 Å². The SMILES string of the molecule is CCC(C)NNC=[NH+]c1ccc(N2CCN(c3ccc(OCC4COC(Cn5nccc5C)(c5ccnnc5)O4)cc3)CC2)cc1. The summed E-state index contributed by atoms with van der Waals surface area (Å²) in [4.78, 5) is 8.13. The average Bonchev–Trinajstić information content (AvgIpc) is 3.72. The van der Waals surface area contributed by atoms with Crippen molar-refractivity contribution in [2.75, 3.05) is 49.2 Å². The Morgan fingerprint density at radius 3 is 2.33 bits per heavy atom. The van der Waals surface area contributed by atoms with Gasteiger partial charge in [-0.05, 0) is 80.9 Å². The van der Waals surface area contributed by atoms with E-state index in [4.69, 9.17) is 14.2 Å². The van der Waals surface area contributed by atoms with Crippen LogP contribution in [0, 0.1) is 6.92 Å². The first-order chi connectivity index (χ1) is 22.5. The van der Waals surface area contributed by atoms with Gasteiger partial charge in [0, 0.05) is 61.0 Å². The van der Waals surface area contributed by atoms with E-state index in [9.17, 15) is 0 Å². The fourth-order valence-corrected chi connectivity index (χ4v) is 5.59. The van der Waals surface area contributed by atoms with E-state index in [2.05, 4.69) is 91.2 Å². The van der Waals surface area contributed by atoms with Gasteiger partial charge in [-0.2, -0.15) is 20.7 Å². The number of nitrogens with zero attached hydrogens (tertiary/aromatic N) is 6. The van der Waals surface area contributed by atoms with Crippen molar-refractivity contribution in [2.45, 2.75) is 51.7 Å². The maximum absolute atomic E-state index is 6.49. The van der Waals surface area contributed by atoms with Crippen molar-refractivity contribution in [3.63, 3.8) is 0 Å². The first-order valence-corrected chi connectivity index (χ1v) is 16.0. The minimum absolute atomic E-state index is 0.247. The molecule has 2 fully saturated rings. The molecule has 4 heterocycles. The van der Waals surface area contributed by atoms with E-state index in [0.717, 1.165) is 55.3 Å². The van der Waals surface area contributed by atoms with E-state index < -0.39 is 5.79 Å². The van der Waals surface area contributed by atoms with Crippen LogP contribution in [0.15, 0.2) is 79.3 Å². The number of hydrazine groups is 1. The molecule has 12 nitrogen and oxygen atoms in total. The zero-order valence-electron chi connectivity index (χ0n) is 26.8. The lowest BCUT2D eigenvalue weighted by molar-refractivity contribution is -0.350. The molecule has 2 aromatic heterocycles. The Labute approximate surface area is 270 Å². The molecule has 2 aliphatic rings. The zero-order chi connectivity index (χ0) is 31.8. The number of anilines is 2. The molecule has 2 aliphatic heterocycles. The van der Waals surface area contributed by atoms with Gasteiger partial charge in [-0.1, -0.05) is 6.92 Å². The second-order valence-electron chi connectivity index (χ2n) is 11.8. The quantitative estimate of drug-likeness (QED) is 0.116. The molecule has 4 aromatic rings. The van der Waals surface area contributed by atoms with Gasteiger partial charge in [-0.3, -0.25) is 4.68 Å². The number of rotatable bonds is 13. The smallest absolute Gasteiger partial charge is 0.253 e. The Bertz CT molecular complexity index is 1540. The lowest BCUT2D eigenvalue weighted by atomic mass is 10.1. The molecule has 0 spiro atoms. The van der Waals surface area contributed by atoms with Crippen molar-refractivity contribution in [2.24, 2.45) is 0 Å². The predicted molar refractivity (Wildman–Crippen MR) is 177 cm³/mol. The van der Waals surface area contributed by atoms with E-state index >= 15 is 0 Å². The standard InChI is InChI=1S/C34H43N9O3/c1-4-26(2)40-38-25-35-29-5-7-30(8-6-29)41-17-19-42(20-18-41)31-9-11-32(12-10-31)44-22-33-23-45-34(46-33,28-14-15-36-37-21-28)24-43-27(3)13-16-39-43/h5-16,21,25-26,33,40H,4,17-20,22-24H2,1-3H3,(H,35,38)/p+1. The third-order valence-electron chi connectivity index (χ3n) is 8.57. The molecule has 0 bridgehead atoms. The summed E-state index contributed by atoms with van der Waals surface area (Å²) in [6, 6.07) is 21.1. The zero-order valence-corrected chi connectivity index (χ0v) is 26.8. The van der Waals surface area contributed by atoms with Crippen LogP contribution in [0.3, 0.4) is 0 Å². The summed E-state index contributed by atoms with van der Waals surface area (Å²) in [6.07, 6.45) is 7.74. The van der Waals surface area contributed by atoms with E-state index in [0.29, 0.717) is 25.8 Å². The van der Waals surface area contributed by atoms with E-state index in [1.807, 2.05) is 42.2 Å². The monoisotopic (exact) mass is 626 g/mol. The Morgan fingerprint density at radius 2 is 1.70 bits per heavy atom. The van der Waals surface area contributed by atoms with Crippen LogP contribution in [0.1, 0.15) is 31.5 Å². The van der Waals surface area contributed by atoms with E-state index in [-0.39, 0.29) is 6.10 Å². The van der Waals surface area contributed by atoms with Crippen LogP contribution in [0.4, 0.5) is 17.1 Å². The third kappa shape index (κ3) is 7.64. The van der Waals surface area contributed by atoms with Crippen molar-refractivity contribution in [1.29, 1.82) is 0 Å². The number of benzene rings is 2. The van der Waals surface area contributed by atoms with Gasteiger partial charge in [0.05, 0.1) is 19.0 Å². The van der Waals surface area contributed by atoms with Gasteiger partial charge in [0.25, 0.3) is 6.34 Å². The van der Waals surface area contributed by atoms with Crippen LogP contribution in [-0.2, 0) is 21.8 Å². The van der Waals surface area contributed by atoms with Gasteiger partial charge >= 0.3 is 0 Å². The fraction of sp³-hybridized carbons (Fsp3) is 0.412. The van der Waals surface area contributed by atoms with Crippen LogP contribution in [0.2, 0.25) is 0 Å². The van der Waals surface area contributed by atoms with Gasteiger partial charge < -0.3 is 24.0 Å². The molecule has 2 aromatic carbocycles. The summed E-state index contributed by atoms with van der Waals surface area (Å²) >= 11 is 0. The molecule has 3 N–H and O–H groups in total. The molecule has 0 radical (unpaired) electrons. The average molecular weight is 627 g/mol. The molecule has 0 aliphatic carbocycles. The largest absolute Gasteiger partial charge is 0.491 e. The van der Waals surface area contributed by atoms with Crippen LogP contribution in [0.5, 0.6) is 5.75 Å². The Hall–Kier alpha value is -4.52. The maximum Gasteiger partial charge on any atom is 0.253 e. The van der Waals surface area contributed by atoms with Gasteiger partial charge in [-0.15, -0.1) is 0 Å². The number of nitrogens with one attached hydrogen (secondary N) is 3. The molecule has 3 atom stereocenters. The normalized spacial score (nSPS) is 20.7. The second kappa shape index (κ2) is 14.7. The lowest BCUT2D eigenvalue weighted by Gasteiger charge is -2.37. The number of hydrogen-bond donors (Lipinski definition) is 3. The molecular formula is C34H44N9O3+. The summed E-state index contributed by atoms with van der Waals surface area (Å²) in [5.41, 5.74) is 11.6. The molecule has 0 amide bonds. The first-order valence-electron chi connectivity index (χ1n) is 16.0. The predicted octanol–water partition coefficient (Wildman–Crippen LogP) is 2.29. The molecular weight excluding hydrogens is 582 g/mol. The van der Waals surface area contributed by atoms with Crippen LogP contribution >= 0.6 is 0 Å². The summed E-state index contributed by atoms with van der Waals surface area (Å²) in [5.74, 6) is -0.208.